The molecule has 0 radical (unpaired) electrons. The molecule has 0 bridgehead atoms. The lowest BCUT2D eigenvalue weighted by molar-refractivity contribution is -0.142. The van der Waals surface area contributed by atoms with Crippen LogP contribution in [0.1, 0.15) is 66.5 Å². The van der Waals surface area contributed by atoms with Gasteiger partial charge in [0.25, 0.3) is 0 Å². The number of carboxylic acids is 1. The van der Waals surface area contributed by atoms with Gasteiger partial charge in [-0.05, 0) is 30.6 Å². The number of nitrogens with two attached hydrogens (primary N) is 1. The number of aromatic amines is 1. The Labute approximate surface area is 207 Å². The Hall–Kier alpha value is -2.95. The summed E-state index contributed by atoms with van der Waals surface area (Å²) in [5, 5.41) is 17.6. The lowest BCUT2D eigenvalue weighted by Crippen LogP contribution is -2.58. The number of carbonyl (C=O) groups is 4. The molecule has 3 amide bonds. The van der Waals surface area contributed by atoms with Crippen molar-refractivity contribution in [2.24, 2.45) is 23.5 Å². The molecule has 5 unspecified atom stereocenters. The third kappa shape index (κ3) is 10.5. The number of amides is 3. The van der Waals surface area contributed by atoms with Crippen molar-refractivity contribution in [3.8, 4) is 0 Å². The summed E-state index contributed by atoms with van der Waals surface area (Å²) in [6.45, 7) is 11.4. The zero-order chi connectivity index (χ0) is 26.7. The molecular weight excluding hydrogens is 452 g/mol. The van der Waals surface area contributed by atoms with Crippen LogP contribution in [-0.2, 0) is 25.6 Å². The van der Waals surface area contributed by atoms with E-state index in [1.807, 2.05) is 41.5 Å². The van der Waals surface area contributed by atoms with Crippen LogP contribution in [0, 0.1) is 17.8 Å². The second kappa shape index (κ2) is 14.4. The molecule has 0 aliphatic heterocycles. The number of hydrogen-bond acceptors (Lipinski definition) is 6. The van der Waals surface area contributed by atoms with Gasteiger partial charge in [0.05, 0.1) is 12.4 Å². The van der Waals surface area contributed by atoms with Crippen molar-refractivity contribution in [1.82, 2.24) is 25.9 Å². The predicted octanol–water partition coefficient (Wildman–Crippen LogP) is 0.957. The lowest BCUT2D eigenvalue weighted by Gasteiger charge is -2.27. The van der Waals surface area contributed by atoms with E-state index in [4.69, 9.17) is 5.73 Å². The highest BCUT2D eigenvalue weighted by atomic mass is 16.4. The van der Waals surface area contributed by atoms with Gasteiger partial charge in [-0.15, -0.1) is 0 Å². The van der Waals surface area contributed by atoms with Gasteiger partial charge in [-0.1, -0.05) is 48.0 Å². The number of nitrogens with one attached hydrogen (secondary N) is 4. The first-order valence-electron chi connectivity index (χ1n) is 12.2. The second-order valence-electron chi connectivity index (χ2n) is 9.97. The van der Waals surface area contributed by atoms with E-state index in [-0.39, 0.29) is 24.2 Å². The summed E-state index contributed by atoms with van der Waals surface area (Å²) in [6.07, 6.45) is 4.30. The van der Waals surface area contributed by atoms with E-state index in [2.05, 4.69) is 25.9 Å². The van der Waals surface area contributed by atoms with Gasteiger partial charge in [0, 0.05) is 18.3 Å². The maximum absolute atomic E-state index is 13.2. The average molecular weight is 495 g/mol. The van der Waals surface area contributed by atoms with Gasteiger partial charge in [0.1, 0.15) is 18.1 Å². The molecule has 0 spiro atoms. The van der Waals surface area contributed by atoms with Crippen LogP contribution >= 0.6 is 0 Å². The van der Waals surface area contributed by atoms with Gasteiger partial charge in [-0.3, -0.25) is 14.4 Å². The normalized spacial score (nSPS) is 15.7. The Morgan fingerprint density at radius 2 is 1.40 bits per heavy atom. The monoisotopic (exact) mass is 494 g/mol. The van der Waals surface area contributed by atoms with E-state index in [1.165, 1.54) is 12.5 Å². The number of carboxylic acid groups (broad SMARTS) is 1. The van der Waals surface area contributed by atoms with Crippen molar-refractivity contribution >= 4 is 23.7 Å². The molecule has 198 valence electrons. The topological polar surface area (TPSA) is 179 Å². The highest BCUT2D eigenvalue weighted by Gasteiger charge is 2.31. The van der Waals surface area contributed by atoms with Crippen LogP contribution in [0.15, 0.2) is 12.5 Å². The van der Waals surface area contributed by atoms with Crippen molar-refractivity contribution in [2.75, 3.05) is 0 Å². The lowest BCUT2D eigenvalue weighted by atomic mass is 9.97. The maximum atomic E-state index is 13.2. The number of H-pyrrole nitrogens is 1. The largest absolute Gasteiger partial charge is 0.480 e. The first kappa shape index (κ1) is 30.1. The molecule has 5 atom stereocenters. The molecule has 1 aromatic heterocycles. The summed E-state index contributed by atoms with van der Waals surface area (Å²) >= 11 is 0. The summed E-state index contributed by atoms with van der Waals surface area (Å²) < 4.78 is 0. The summed E-state index contributed by atoms with van der Waals surface area (Å²) in [5.74, 6) is -2.66. The van der Waals surface area contributed by atoms with Crippen LogP contribution in [0.4, 0.5) is 0 Å². The summed E-state index contributed by atoms with van der Waals surface area (Å²) in [7, 11) is 0. The molecule has 11 heteroatoms. The SMILES string of the molecule is CCC(C)C(N)C(=O)NC(CC(C)C)C(=O)NC(CC(C)C)C(=O)NC(Cc1cnc[nH]1)C(=O)O. The second-order valence-corrected chi connectivity index (χ2v) is 9.97. The number of carbonyl (C=O) groups excluding carboxylic acids is 3. The third-order valence-corrected chi connectivity index (χ3v) is 5.83. The number of rotatable bonds is 15. The third-order valence-electron chi connectivity index (χ3n) is 5.83. The minimum Gasteiger partial charge on any atom is -0.480 e. The van der Waals surface area contributed by atoms with Crippen molar-refractivity contribution < 1.29 is 24.3 Å². The van der Waals surface area contributed by atoms with Crippen LogP contribution < -0.4 is 21.7 Å². The van der Waals surface area contributed by atoms with Gasteiger partial charge in [0.2, 0.25) is 17.7 Å². The number of imidazole rings is 1. The number of nitrogens with zero attached hydrogens (tertiary/aromatic N) is 1. The number of aliphatic carboxylic acids is 1. The van der Waals surface area contributed by atoms with Crippen molar-refractivity contribution in [3.05, 3.63) is 18.2 Å². The fourth-order valence-electron chi connectivity index (χ4n) is 3.55. The van der Waals surface area contributed by atoms with E-state index < -0.39 is 47.9 Å². The Morgan fingerprint density at radius 1 is 0.914 bits per heavy atom. The fraction of sp³-hybridized carbons (Fsp3) is 0.708. The molecule has 11 nitrogen and oxygen atoms in total. The van der Waals surface area contributed by atoms with Crippen molar-refractivity contribution in [2.45, 2.75) is 91.4 Å². The van der Waals surface area contributed by atoms with Gasteiger partial charge >= 0.3 is 5.97 Å². The zero-order valence-corrected chi connectivity index (χ0v) is 21.6. The fourth-order valence-corrected chi connectivity index (χ4v) is 3.55. The zero-order valence-electron chi connectivity index (χ0n) is 21.6. The quantitative estimate of drug-likeness (QED) is 0.210. The van der Waals surface area contributed by atoms with Gasteiger partial charge in [0.15, 0.2) is 0 Å². The molecule has 0 saturated carbocycles. The standard InChI is InChI=1S/C24H42N6O5/c1-7-15(6)20(25)23(33)29-18(9-14(4)5)21(31)28-17(8-13(2)3)22(32)30-19(24(34)35)10-16-11-26-12-27-16/h11-15,17-20H,7-10,25H2,1-6H3,(H,26,27)(H,28,31)(H,29,33)(H,30,32)(H,34,35). The Balaban J connectivity index is 2.99. The van der Waals surface area contributed by atoms with E-state index in [0.29, 0.717) is 18.5 Å². The highest BCUT2D eigenvalue weighted by molar-refractivity contribution is 5.94. The molecule has 0 aliphatic carbocycles. The number of hydrogen-bond donors (Lipinski definition) is 6. The average Bonchev–Trinajstić information content (AvgIpc) is 3.28. The predicted molar refractivity (Wildman–Crippen MR) is 132 cm³/mol. The first-order chi connectivity index (χ1) is 16.3. The molecule has 0 saturated heterocycles. The van der Waals surface area contributed by atoms with Crippen molar-refractivity contribution in [1.29, 1.82) is 0 Å². The van der Waals surface area contributed by atoms with Crippen LogP contribution in [-0.4, -0.2) is 62.9 Å². The van der Waals surface area contributed by atoms with Crippen LogP contribution in [0.2, 0.25) is 0 Å². The Morgan fingerprint density at radius 3 is 1.80 bits per heavy atom. The molecule has 1 heterocycles. The summed E-state index contributed by atoms with van der Waals surface area (Å²) in [5.41, 5.74) is 6.59. The van der Waals surface area contributed by atoms with Gasteiger partial charge in [-0.2, -0.15) is 0 Å². The van der Waals surface area contributed by atoms with E-state index in [1.54, 1.807) is 0 Å². The van der Waals surface area contributed by atoms with Crippen LogP contribution in [0.5, 0.6) is 0 Å². The highest BCUT2D eigenvalue weighted by Crippen LogP contribution is 2.11. The van der Waals surface area contributed by atoms with E-state index >= 15 is 0 Å². The van der Waals surface area contributed by atoms with E-state index in [9.17, 15) is 24.3 Å². The van der Waals surface area contributed by atoms with Crippen LogP contribution in [0.25, 0.3) is 0 Å². The van der Waals surface area contributed by atoms with Crippen molar-refractivity contribution in [3.63, 3.8) is 0 Å². The molecule has 0 fully saturated rings. The molecule has 1 rings (SSSR count). The Bertz CT molecular complexity index is 826. The van der Waals surface area contributed by atoms with Crippen LogP contribution in [0.3, 0.4) is 0 Å². The summed E-state index contributed by atoms with van der Waals surface area (Å²) in [6, 6.07) is -3.80. The maximum Gasteiger partial charge on any atom is 0.326 e. The minimum absolute atomic E-state index is 0.0168. The van der Waals surface area contributed by atoms with E-state index in [0.717, 1.165) is 6.42 Å². The molecule has 1 aromatic rings. The summed E-state index contributed by atoms with van der Waals surface area (Å²) in [4.78, 5) is 57.3. The first-order valence-corrected chi connectivity index (χ1v) is 12.2. The molecule has 0 aliphatic rings. The molecular formula is C24H42N6O5. The number of aromatic nitrogens is 2. The Kier molecular flexibility index (Phi) is 12.4. The molecule has 0 aromatic carbocycles. The minimum atomic E-state index is -1.20. The molecule has 35 heavy (non-hydrogen) atoms. The molecule has 7 N–H and O–H groups in total. The van der Waals surface area contributed by atoms with Gasteiger partial charge < -0.3 is 31.8 Å². The van der Waals surface area contributed by atoms with Gasteiger partial charge in [-0.25, -0.2) is 9.78 Å². The smallest absolute Gasteiger partial charge is 0.326 e.